The molecule has 0 bridgehead atoms. The van der Waals surface area contributed by atoms with Crippen LogP contribution in [0.4, 0.5) is 21.0 Å². The minimum Gasteiger partial charge on any atom is -0.444 e. The van der Waals surface area contributed by atoms with E-state index < -0.39 is 17.3 Å². The van der Waals surface area contributed by atoms with Crippen LogP contribution in [0.3, 0.4) is 0 Å². The summed E-state index contributed by atoms with van der Waals surface area (Å²) in [5.41, 5.74) is 3.89. The van der Waals surface area contributed by atoms with Gasteiger partial charge in [0.15, 0.2) is 0 Å². The van der Waals surface area contributed by atoms with Gasteiger partial charge in [-0.25, -0.2) is 9.59 Å². The van der Waals surface area contributed by atoms with Gasteiger partial charge in [-0.05, 0) is 108 Å². The number of anilines is 2. The number of benzene rings is 2. The number of hydrogen-bond acceptors (Lipinski definition) is 5. The van der Waals surface area contributed by atoms with Crippen molar-refractivity contribution in [3.8, 4) is 0 Å². The van der Waals surface area contributed by atoms with E-state index in [1.54, 1.807) is 49.9 Å². The van der Waals surface area contributed by atoms with Crippen molar-refractivity contribution in [2.75, 3.05) is 23.7 Å². The van der Waals surface area contributed by atoms with E-state index in [2.05, 4.69) is 16.7 Å². The van der Waals surface area contributed by atoms with Crippen molar-refractivity contribution < 1.29 is 23.9 Å². The molecular formula is C29H37N3O5. The summed E-state index contributed by atoms with van der Waals surface area (Å²) in [4.78, 5) is 38.7. The summed E-state index contributed by atoms with van der Waals surface area (Å²) >= 11 is 0. The minimum absolute atomic E-state index is 0.249. The zero-order valence-electron chi connectivity index (χ0n) is 22.7. The highest BCUT2D eigenvalue weighted by molar-refractivity contribution is 6.04. The van der Waals surface area contributed by atoms with Gasteiger partial charge < -0.3 is 19.7 Å². The predicted octanol–water partition coefficient (Wildman–Crippen LogP) is 6.62. The first-order valence-corrected chi connectivity index (χ1v) is 12.4. The maximum atomic E-state index is 12.7. The summed E-state index contributed by atoms with van der Waals surface area (Å²) in [6.45, 7) is 14.1. The summed E-state index contributed by atoms with van der Waals surface area (Å²) in [6.07, 6.45) is 1.94. The smallest absolute Gasteiger partial charge is 0.412 e. The van der Waals surface area contributed by atoms with Gasteiger partial charge in [0.2, 0.25) is 0 Å². The number of carbonyl (C=O) groups is 3. The molecule has 0 fully saturated rings. The van der Waals surface area contributed by atoms with Crippen molar-refractivity contribution in [1.29, 1.82) is 0 Å². The number of carbonyl (C=O) groups excluding carboxylic acids is 3. The molecule has 37 heavy (non-hydrogen) atoms. The molecule has 8 nitrogen and oxygen atoms in total. The molecule has 0 saturated heterocycles. The molecule has 3 rings (SSSR count). The number of nitrogens with one attached hydrogen (secondary N) is 2. The Morgan fingerprint density at radius 1 is 0.838 bits per heavy atom. The second-order valence-corrected chi connectivity index (χ2v) is 11.1. The minimum atomic E-state index is -0.592. The predicted molar refractivity (Wildman–Crippen MR) is 146 cm³/mol. The largest absolute Gasteiger partial charge is 0.444 e. The fraction of sp³-hybridized carbons (Fsp3) is 0.414. The van der Waals surface area contributed by atoms with E-state index in [-0.39, 0.29) is 12.0 Å². The Labute approximate surface area is 219 Å². The monoisotopic (exact) mass is 507 g/mol. The Bertz CT molecular complexity index is 1190. The number of amides is 3. The van der Waals surface area contributed by atoms with Crippen molar-refractivity contribution in [2.45, 2.75) is 66.1 Å². The van der Waals surface area contributed by atoms with Crippen molar-refractivity contribution in [1.82, 2.24) is 4.90 Å². The van der Waals surface area contributed by atoms with E-state index in [0.29, 0.717) is 30.0 Å². The standard InChI is InChI=1S/C29H37N3O5/c1-19-18-23(12-13-24(19)20-14-16-32(17-15-20)27(35)37-29(5,6)7)30-25(33)21-8-10-22(11-9-21)31-26(34)36-28(2,3)4/h8-14,18H,15-17H2,1-7H3,(H,30,33)(H,31,34). The van der Waals surface area contributed by atoms with Crippen LogP contribution in [0.15, 0.2) is 48.5 Å². The average Bonchev–Trinajstić information content (AvgIpc) is 2.77. The Kier molecular flexibility index (Phi) is 8.31. The molecule has 1 aliphatic heterocycles. The highest BCUT2D eigenvalue weighted by Gasteiger charge is 2.24. The summed E-state index contributed by atoms with van der Waals surface area (Å²) in [6, 6.07) is 12.4. The first-order chi connectivity index (χ1) is 17.2. The number of nitrogens with zero attached hydrogens (tertiary/aromatic N) is 1. The Balaban J connectivity index is 1.59. The molecule has 2 aromatic rings. The molecule has 198 valence electrons. The first-order valence-electron chi connectivity index (χ1n) is 12.4. The third kappa shape index (κ3) is 8.37. The van der Waals surface area contributed by atoms with Crippen molar-refractivity contribution in [3.63, 3.8) is 0 Å². The molecule has 0 aliphatic carbocycles. The van der Waals surface area contributed by atoms with E-state index in [4.69, 9.17) is 9.47 Å². The summed E-state index contributed by atoms with van der Waals surface area (Å²) in [5.74, 6) is -0.249. The fourth-order valence-electron chi connectivity index (χ4n) is 3.84. The van der Waals surface area contributed by atoms with Crippen molar-refractivity contribution in [3.05, 3.63) is 65.2 Å². The van der Waals surface area contributed by atoms with Crippen LogP contribution in [0.25, 0.3) is 5.57 Å². The van der Waals surface area contributed by atoms with Crippen LogP contribution in [0, 0.1) is 6.92 Å². The number of hydrogen-bond donors (Lipinski definition) is 2. The van der Waals surface area contributed by atoms with E-state index in [9.17, 15) is 14.4 Å². The quantitative estimate of drug-likeness (QED) is 0.485. The molecule has 2 N–H and O–H groups in total. The van der Waals surface area contributed by atoms with Gasteiger partial charge in [0.1, 0.15) is 11.2 Å². The molecule has 0 saturated carbocycles. The molecular weight excluding hydrogens is 470 g/mol. The lowest BCUT2D eigenvalue weighted by atomic mass is 9.95. The van der Waals surface area contributed by atoms with Gasteiger partial charge in [0, 0.05) is 30.0 Å². The summed E-state index contributed by atoms with van der Waals surface area (Å²) < 4.78 is 10.7. The third-order valence-electron chi connectivity index (χ3n) is 5.48. The Morgan fingerprint density at radius 3 is 2.00 bits per heavy atom. The highest BCUT2D eigenvalue weighted by atomic mass is 16.6. The van der Waals surface area contributed by atoms with Crippen molar-refractivity contribution in [2.24, 2.45) is 0 Å². The lowest BCUT2D eigenvalue weighted by Crippen LogP contribution is -2.39. The van der Waals surface area contributed by atoms with E-state index in [0.717, 1.165) is 17.5 Å². The molecule has 0 unspecified atom stereocenters. The molecule has 1 heterocycles. The van der Waals surface area contributed by atoms with Crippen LogP contribution in [0.5, 0.6) is 0 Å². The fourth-order valence-corrected chi connectivity index (χ4v) is 3.84. The van der Waals surface area contributed by atoms with E-state index in [1.807, 2.05) is 45.9 Å². The van der Waals surface area contributed by atoms with E-state index in [1.165, 1.54) is 5.57 Å². The zero-order chi connectivity index (χ0) is 27.4. The van der Waals surface area contributed by atoms with Gasteiger partial charge in [-0.2, -0.15) is 0 Å². The first kappa shape index (κ1) is 27.8. The second-order valence-electron chi connectivity index (χ2n) is 11.1. The van der Waals surface area contributed by atoms with Crippen LogP contribution in [0.1, 0.15) is 69.4 Å². The third-order valence-corrected chi connectivity index (χ3v) is 5.48. The van der Waals surface area contributed by atoms with Gasteiger partial charge in [-0.1, -0.05) is 12.1 Å². The maximum Gasteiger partial charge on any atom is 0.412 e. The van der Waals surface area contributed by atoms with E-state index >= 15 is 0 Å². The topological polar surface area (TPSA) is 97.0 Å². The lowest BCUT2D eigenvalue weighted by Gasteiger charge is -2.30. The van der Waals surface area contributed by atoms with Gasteiger partial charge >= 0.3 is 12.2 Å². The van der Waals surface area contributed by atoms with Crippen LogP contribution in [-0.2, 0) is 9.47 Å². The van der Waals surface area contributed by atoms with Crippen LogP contribution < -0.4 is 10.6 Å². The van der Waals surface area contributed by atoms with Crippen LogP contribution >= 0.6 is 0 Å². The van der Waals surface area contributed by atoms with Gasteiger partial charge in [-0.15, -0.1) is 0 Å². The molecule has 0 spiro atoms. The van der Waals surface area contributed by atoms with Gasteiger partial charge in [-0.3, -0.25) is 10.1 Å². The summed E-state index contributed by atoms with van der Waals surface area (Å²) in [7, 11) is 0. The normalized spacial score (nSPS) is 13.9. The number of ether oxygens (including phenoxy) is 2. The second kappa shape index (κ2) is 11.1. The zero-order valence-corrected chi connectivity index (χ0v) is 22.7. The van der Waals surface area contributed by atoms with Crippen molar-refractivity contribution >= 4 is 35.0 Å². The van der Waals surface area contributed by atoms with Gasteiger partial charge in [0.05, 0.1) is 0 Å². The molecule has 8 heteroatoms. The molecule has 1 aliphatic rings. The lowest BCUT2D eigenvalue weighted by molar-refractivity contribution is 0.0270. The number of rotatable bonds is 4. The molecule has 2 aromatic carbocycles. The van der Waals surface area contributed by atoms with Gasteiger partial charge in [0.25, 0.3) is 5.91 Å². The number of aryl methyl sites for hydroxylation is 1. The molecule has 0 radical (unpaired) electrons. The maximum absolute atomic E-state index is 12.7. The SMILES string of the molecule is Cc1cc(NC(=O)c2ccc(NC(=O)OC(C)(C)C)cc2)ccc1C1=CCN(C(=O)OC(C)(C)C)CC1. The molecule has 3 amide bonds. The Hall–Kier alpha value is -3.81. The Morgan fingerprint density at radius 2 is 1.46 bits per heavy atom. The van der Waals surface area contributed by atoms with Crippen LogP contribution in [-0.4, -0.2) is 47.3 Å². The molecule has 0 atom stereocenters. The molecule has 0 aromatic heterocycles. The highest BCUT2D eigenvalue weighted by Crippen LogP contribution is 2.28. The summed E-state index contributed by atoms with van der Waals surface area (Å²) in [5, 5.41) is 5.58. The van der Waals surface area contributed by atoms with Crippen LogP contribution in [0.2, 0.25) is 0 Å². The average molecular weight is 508 g/mol.